The molecule has 0 aromatic rings. The smallest absolute Gasteiger partial charge is 0.0953 e. The predicted molar refractivity (Wildman–Crippen MR) is 60.4 cm³/mol. The van der Waals surface area contributed by atoms with E-state index in [4.69, 9.17) is 5.26 Å². The van der Waals surface area contributed by atoms with Gasteiger partial charge in [0.15, 0.2) is 0 Å². The third kappa shape index (κ3) is 2.32. The highest BCUT2D eigenvalue weighted by Crippen LogP contribution is 2.27. The van der Waals surface area contributed by atoms with E-state index in [1.165, 1.54) is 38.8 Å². The van der Waals surface area contributed by atoms with Crippen molar-refractivity contribution in [3.8, 4) is 6.07 Å². The maximum absolute atomic E-state index is 8.96. The summed E-state index contributed by atoms with van der Waals surface area (Å²) >= 11 is 0. The van der Waals surface area contributed by atoms with Gasteiger partial charge in [-0.1, -0.05) is 13.3 Å². The minimum Gasteiger partial charge on any atom is -0.299 e. The number of nitriles is 1. The number of piperidine rings is 1. The summed E-state index contributed by atoms with van der Waals surface area (Å²) in [6.45, 7) is 4.57. The van der Waals surface area contributed by atoms with Crippen molar-refractivity contribution in [3.63, 3.8) is 0 Å². The van der Waals surface area contributed by atoms with Gasteiger partial charge in [-0.05, 0) is 32.2 Å². The van der Waals surface area contributed by atoms with E-state index < -0.39 is 0 Å². The van der Waals surface area contributed by atoms with Gasteiger partial charge in [-0.25, -0.2) is 0 Å². The van der Waals surface area contributed by atoms with Crippen LogP contribution in [0.15, 0.2) is 0 Å². The Kier molecular flexibility index (Phi) is 3.61. The molecule has 15 heavy (non-hydrogen) atoms. The van der Waals surface area contributed by atoms with Crippen molar-refractivity contribution in [2.24, 2.45) is 0 Å². The molecule has 2 fully saturated rings. The van der Waals surface area contributed by atoms with Crippen molar-refractivity contribution in [2.45, 2.75) is 57.2 Å². The number of hydrogen-bond donors (Lipinski definition) is 1. The van der Waals surface area contributed by atoms with Crippen LogP contribution in [0.3, 0.4) is 0 Å². The van der Waals surface area contributed by atoms with Crippen LogP contribution in [0.2, 0.25) is 0 Å². The SMILES string of the molecule is CCC(C#N)NC1CCN2CCCCC12. The summed E-state index contributed by atoms with van der Waals surface area (Å²) in [5.41, 5.74) is 0. The Morgan fingerprint density at radius 2 is 2.27 bits per heavy atom. The number of fused-ring (bicyclic) bond motifs is 1. The van der Waals surface area contributed by atoms with Crippen molar-refractivity contribution >= 4 is 0 Å². The van der Waals surface area contributed by atoms with Gasteiger partial charge in [-0.15, -0.1) is 0 Å². The molecule has 0 aliphatic carbocycles. The number of rotatable bonds is 3. The van der Waals surface area contributed by atoms with Gasteiger partial charge in [0.05, 0.1) is 12.1 Å². The summed E-state index contributed by atoms with van der Waals surface area (Å²) in [6, 6.07) is 3.67. The van der Waals surface area contributed by atoms with Gasteiger partial charge in [0.1, 0.15) is 0 Å². The summed E-state index contributed by atoms with van der Waals surface area (Å²) < 4.78 is 0. The zero-order valence-electron chi connectivity index (χ0n) is 9.58. The molecule has 0 radical (unpaired) electrons. The van der Waals surface area contributed by atoms with E-state index in [9.17, 15) is 0 Å². The highest BCUT2D eigenvalue weighted by atomic mass is 15.2. The lowest BCUT2D eigenvalue weighted by atomic mass is 9.98. The van der Waals surface area contributed by atoms with Crippen LogP contribution in [0.25, 0.3) is 0 Å². The van der Waals surface area contributed by atoms with E-state index in [0.717, 1.165) is 6.42 Å². The standard InChI is InChI=1S/C12H21N3/c1-2-10(9-13)14-11-6-8-15-7-4-3-5-12(11)15/h10-12,14H,2-8H2,1H3. The van der Waals surface area contributed by atoms with Gasteiger partial charge in [0.25, 0.3) is 0 Å². The first-order chi connectivity index (χ1) is 7.35. The third-order valence-electron chi connectivity index (χ3n) is 3.84. The second kappa shape index (κ2) is 4.96. The van der Waals surface area contributed by atoms with Crippen LogP contribution >= 0.6 is 0 Å². The van der Waals surface area contributed by atoms with Crippen LogP contribution in [0.1, 0.15) is 39.0 Å². The molecular weight excluding hydrogens is 186 g/mol. The van der Waals surface area contributed by atoms with Crippen LogP contribution in [-0.2, 0) is 0 Å². The monoisotopic (exact) mass is 207 g/mol. The Hall–Kier alpha value is -0.590. The predicted octanol–water partition coefficient (Wildman–Crippen LogP) is 1.50. The second-order valence-corrected chi connectivity index (χ2v) is 4.75. The highest BCUT2D eigenvalue weighted by Gasteiger charge is 2.35. The first kappa shape index (κ1) is 10.9. The van der Waals surface area contributed by atoms with Gasteiger partial charge in [0, 0.05) is 18.6 Å². The third-order valence-corrected chi connectivity index (χ3v) is 3.84. The summed E-state index contributed by atoms with van der Waals surface area (Å²) in [4.78, 5) is 2.60. The summed E-state index contributed by atoms with van der Waals surface area (Å²) in [5.74, 6) is 0. The van der Waals surface area contributed by atoms with Crippen molar-refractivity contribution in [1.82, 2.24) is 10.2 Å². The summed E-state index contributed by atoms with van der Waals surface area (Å²) in [6.07, 6.45) is 6.18. The molecule has 2 aliphatic rings. The molecule has 3 nitrogen and oxygen atoms in total. The lowest BCUT2D eigenvalue weighted by Crippen LogP contribution is -2.47. The van der Waals surface area contributed by atoms with Crippen molar-refractivity contribution in [1.29, 1.82) is 5.26 Å². The van der Waals surface area contributed by atoms with Crippen molar-refractivity contribution < 1.29 is 0 Å². The lowest BCUT2D eigenvalue weighted by molar-refractivity contribution is 0.178. The van der Waals surface area contributed by atoms with Gasteiger partial charge in [-0.3, -0.25) is 10.2 Å². The molecular formula is C12H21N3. The molecule has 0 aromatic carbocycles. The van der Waals surface area contributed by atoms with Gasteiger partial charge >= 0.3 is 0 Å². The van der Waals surface area contributed by atoms with Crippen LogP contribution < -0.4 is 5.32 Å². The largest absolute Gasteiger partial charge is 0.299 e. The fraction of sp³-hybridized carbons (Fsp3) is 0.917. The highest BCUT2D eigenvalue weighted by molar-refractivity contribution is 4.99. The van der Waals surface area contributed by atoms with Crippen LogP contribution in [0.5, 0.6) is 0 Å². The van der Waals surface area contributed by atoms with E-state index in [-0.39, 0.29) is 6.04 Å². The van der Waals surface area contributed by atoms with E-state index in [1.807, 2.05) is 0 Å². The second-order valence-electron chi connectivity index (χ2n) is 4.75. The first-order valence-corrected chi connectivity index (χ1v) is 6.25. The van der Waals surface area contributed by atoms with Crippen LogP contribution in [0, 0.1) is 11.3 Å². The van der Waals surface area contributed by atoms with Crippen LogP contribution in [0.4, 0.5) is 0 Å². The van der Waals surface area contributed by atoms with E-state index in [1.54, 1.807) is 0 Å². The molecule has 1 N–H and O–H groups in total. The van der Waals surface area contributed by atoms with Crippen molar-refractivity contribution in [2.75, 3.05) is 13.1 Å². The van der Waals surface area contributed by atoms with Gasteiger partial charge in [0.2, 0.25) is 0 Å². The minimum atomic E-state index is 0.0527. The topological polar surface area (TPSA) is 39.1 Å². The average molecular weight is 207 g/mol. The Bertz CT molecular complexity index is 246. The molecule has 2 rings (SSSR count). The molecule has 0 saturated carbocycles. The quantitative estimate of drug-likeness (QED) is 0.762. The van der Waals surface area contributed by atoms with E-state index in [0.29, 0.717) is 12.1 Å². The molecule has 3 heteroatoms. The fourth-order valence-electron chi connectivity index (χ4n) is 2.95. The molecule has 3 unspecified atom stereocenters. The molecule has 3 atom stereocenters. The normalized spacial score (nSPS) is 33.3. The fourth-order valence-corrected chi connectivity index (χ4v) is 2.95. The summed E-state index contributed by atoms with van der Waals surface area (Å²) in [5, 5.41) is 12.5. The maximum Gasteiger partial charge on any atom is 0.0953 e. The first-order valence-electron chi connectivity index (χ1n) is 6.25. The molecule has 2 aliphatic heterocycles. The zero-order valence-corrected chi connectivity index (χ0v) is 9.58. The average Bonchev–Trinajstić information content (AvgIpc) is 2.69. The number of nitrogens with zero attached hydrogens (tertiary/aromatic N) is 2. The number of hydrogen-bond acceptors (Lipinski definition) is 3. The molecule has 84 valence electrons. The summed E-state index contributed by atoms with van der Waals surface area (Å²) in [7, 11) is 0. The Labute approximate surface area is 92.4 Å². The molecule has 0 aromatic heterocycles. The molecule has 0 bridgehead atoms. The minimum absolute atomic E-state index is 0.0527. The number of nitrogens with one attached hydrogen (secondary N) is 1. The molecule has 0 amide bonds. The van der Waals surface area contributed by atoms with Gasteiger partial charge < -0.3 is 0 Å². The van der Waals surface area contributed by atoms with Crippen molar-refractivity contribution in [3.05, 3.63) is 0 Å². The van der Waals surface area contributed by atoms with Gasteiger partial charge in [-0.2, -0.15) is 5.26 Å². The van der Waals surface area contributed by atoms with E-state index >= 15 is 0 Å². The Morgan fingerprint density at radius 1 is 1.40 bits per heavy atom. The van der Waals surface area contributed by atoms with Crippen LogP contribution in [-0.4, -0.2) is 36.1 Å². The van der Waals surface area contributed by atoms with E-state index in [2.05, 4.69) is 23.2 Å². The molecule has 2 saturated heterocycles. The molecule has 0 spiro atoms. The molecule has 2 heterocycles. The Morgan fingerprint density at radius 3 is 3.00 bits per heavy atom. The Balaban J connectivity index is 1.90. The maximum atomic E-state index is 8.96. The zero-order chi connectivity index (χ0) is 10.7. The lowest BCUT2D eigenvalue weighted by Gasteiger charge is -2.33.